The van der Waals surface area contributed by atoms with E-state index in [9.17, 15) is 20.1 Å². The van der Waals surface area contributed by atoms with Gasteiger partial charge >= 0.3 is 0 Å². The summed E-state index contributed by atoms with van der Waals surface area (Å²) < 4.78 is 7.14. The van der Waals surface area contributed by atoms with Crippen LogP contribution in [0.15, 0.2) is 6.33 Å². The average Bonchev–Trinajstić information content (AvgIpc) is 3.40. The van der Waals surface area contributed by atoms with Gasteiger partial charge in [-0.15, -0.1) is 0 Å². The van der Waals surface area contributed by atoms with E-state index in [0.29, 0.717) is 18.8 Å². The number of aliphatic hydroxyl groups is 3. The van der Waals surface area contributed by atoms with Crippen molar-refractivity contribution in [2.24, 2.45) is 5.92 Å². The number of anilines is 1. The number of nitrogens with one attached hydrogen (secondary N) is 1. The molecule has 0 bridgehead atoms. The fourth-order valence-corrected chi connectivity index (χ4v) is 4.61. The second kappa shape index (κ2) is 8.22. The molecule has 5 rings (SSSR count). The molecule has 0 aromatic carbocycles. The normalized spacial score (nSPS) is 34.1. The first-order valence-corrected chi connectivity index (χ1v) is 11.3. The topological polar surface area (TPSA) is 169 Å². The minimum absolute atomic E-state index is 0.0862. The van der Waals surface area contributed by atoms with Gasteiger partial charge in [-0.25, -0.2) is 15.0 Å². The number of ether oxygens (including phenoxy) is 1. The molecule has 0 radical (unpaired) electrons. The Morgan fingerprint density at radius 3 is 2.82 bits per heavy atom. The Hall–Kier alpha value is -2.78. The summed E-state index contributed by atoms with van der Waals surface area (Å²) in [5.74, 6) is 5.83. The molecule has 3 heterocycles. The van der Waals surface area contributed by atoms with Crippen LogP contribution in [0.1, 0.15) is 57.5 Å². The Balaban J connectivity index is 1.43. The zero-order chi connectivity index (χ0) is 23.3. The first-order chi connectivity index (χ1) is 15.7. The molecule has 1 aliphatic heterocycles. The van der Waals surface area contributed by atoms with Gasteiger partial charge in [0.1, 0.15) is 23.3 Å². The van der Waals surface area contributed by atoms with Gasteiger partial charge in [0.2, 0.25) is 5.82 Å². The van der Waals surface area contributed by atoms with E-state index in [1.165, 1.54) is 10.9 Å². The smallest absolute Gasteiger partial charge is 0.252 e. The van der Waals surface area contributed by atoms with Crippen molar-refractivity contribution < 1.29 is 24.9 Å². The first-order valence-electron chi connectivity index (χ1n) is 11.3. The van der Waals surface area contributed by atoms with Crippen LogP contribution in [-0.4, -0.2) is 70.7 Å². The Kier molecular flexibility index (Phi) is 5.49. The number of carbonyl (C=O) groups is 1. The van der Waals surface area contributed by atoms with Gasteiger partial charge in [-0.3, -0.25) is 9.36 Å². The lowest BCUT2D eigenvalue weighted by Gasteiger charge is -2.30. The van der Waals surface area contributed by atoms with Gasteiger partial charge in [-0.2, -0.15) is 0 Å². The van der Waals surface area contributed by atoms with Gasteiger partial charge in [-0.05, 0) is 43.9 Å². The Labute approximate surface area is 190 Å². The van der Waals surface area contributed by atoms with E-state index in [-0.39, 0.29) is 28.8 Å². The summed E-state index contributed by atoms with van der Waals surface area (Å²) in [6.07, 6.45) is 1.17. The summed E-state index contributed by atoms with van der Waals surface area (Å²) in [7, 11) is 0. The number of carbonyl (C=O) groups excluding carboxylic acids is 1. The number of hydrogen-bond donors (Lipinski definition) is 5. The summed E-state index contributed by atoms with van der Waals surface area (Å²) in [5.41, 5.74) is 5.49. The predicted molar refractivity (Wildman–Crippen MR) is 116 cm³/mol. The van der Waals surface area contributed by atoms with Gasteiger partial charge in [0.05, 0.1) is 6.33 Å². The van der Waals surface area contributed by atoms with Gasteiger partial charge in [0.15, 0.2) is 23.8 Å². The number of aromatic nitrogens is 4. The summed E-state index contributed by atoms with van der Waals surface area (Å²) in [6.45, 7) is 2.09. The van der Waals surface area contributed by atoms with E-state index >= 15 is 0 Å². The SMILES string of the molecule is C[C@H]1CCC[C@](O)(C#Cc2nc(N)c3ncn([C@@H]4O[C@H](C(=O)NC5CC5)[C@@H](O)[C@H]4O)c3n2)C1. The van der Waals surface area contributed by atoms with Crippen LogP contribution in [0.25, 0.3) is 11.2 Å². The maximum atomic E-state index is 12.4. The highest BCUT2D eigenvalue weighted by Crippen LogP contribution is 2.34. The molecule has 1 saturated heterocycles. The summed E-state index contributed by atoms with van der Waals surface area (Å²) in [4.78, 5) is 25.2. The Morgan fingerprint density at radius 1 is 1.30 bits per heavy atom. The molecule has 6 N–H and O–H groups in total. The monoisotopic (exact) mass is 456 g/mol. The minimum atomic E-state index is -1.41. The molecule has 33 heavy (non-hydrogen) atoms. The van der Waals surface area contributed by atoms with Crippen molar-refractivity contribution in [2.45, 2.75) is 81.6 Å². The van der Waals surface area contributed by atoms with Crippen LogP contribution >= 0.6 is 0 Å². The Morgan fingerprint density at radius 2 is 2.09 bits per heavy atom. The summed E-state index contributed by atoms with van der Waals surface area (Å²) >= 11 is 0. The van der Waals surface area contributed by atoms with Gasteiger partial charge in [0.25, 0.3) is 5.91 Å². The van der Waals surface area contributed by atoms with Crippen molar-refractivity contribution in [3.05, 3.63) is 12.2 Å². The van der Waals surface area contributed by atoms with Crippen LogP contribution in [0.3, 0.4) is 0 Å². The van der Waals surface area contributed by atoms with Crippen molar-refractivity contribution in [1.82, 2.24) is 24.8 Å². The molecule has 2 aliphatic carbocycles. The van der Waals surface area contributed by atoms with Crippen LogP contribution in [0.5, 0.6) is 0 Å². The van der Waals surface area contributed by atoms with Crippen molar-refractivity contribution in [2.75, 3.05) is 5.73 Å². The van der Waals surface area contributed by atoms with E-state index < -0.39 is 36.0 Å². The van der Waals surface area contributed by atoms with Gasteiger partial charge in [0, 0.05) is 6.04 Å². The van der Waals surface area contributed by atoms with E-state index in [2.05, 4.69) is 39.0 Å². The lowest BCUT2D eigenvalue weighted by atomic mass is 9.79. The number of hydrogen-bond acceptors (Lipinski definition) is 9. The zero-order valence-electron chi connectivity index (χ0n) is 18.3. The summed E-state index contributed by atoms with van der Waals surface area (Å²) in [5, 5.41) is 34.6. The van der Waals surface area contributed by atoms with E-state index in [1.54, 1.807) is 0 Å². The fraction of sp³-hybridized carbons (Fsp3) is 0.636. The third-order valence-electron chi connectivity index (χ3n) is 6.52. The van der Waals surface area contributed by atoms with Gasteiger partial charge in [-0.1, -0.05) is 19.3 Å². The molecule has 6 atom stereocenters. The van der Waals surface area contributed by atoms with Crippen LogP contribution in [-0.2, 0) is 9.53 Å². The molecule has 2 saturated carbocycles. The predicted octanol–water partition coefficient (Wildman–Crippen LogP) is -0.401. The standard InChI is InChI=1S/C22H28N6O5/c1-11-3-2-7-22(32,9-11)8-6-13-26-18(23)14-19(27-13)28(10-24-14)21-16(30)15(29)17(33-21)20(31)25-12-4-5-12/h10-12,15-17,21,29-30,32H,2-5,7,9H2,1H3,(H,25,31)(H2,23,26,27)/t11-,15-,16+,17-,21+,22-/m0/s1. The minimum Gasteiger partial charge on any atom is -0.387 e. The van der Waals surface area contributed by atoms with E-state index in [4.69, 9.17) is 10.5 Å². The van der Waals surface area contributed by atoms with Crippen LogP contribution in [0, 0.1) is 17.8 Å². The lowest BCUT2D eigenvalue weighted by molar-refractivity contribution is -0.137. The number of nitrogens with zero attached hydrogens (tertiary/aromatic N) is 4. The summed E-state index contributed by atoms with van der Waals surface area (Å²) in [6, 6.07) is 0.0919. The quantitative estimate of drug-likeness (QED) is 0.386. The molecule has 1 amide bonds. The Bertz CT molecular complexity index is 1140. The molecule has 11 heteroatoms. The largest absolute Gasteiger partial charge is 0.387 e. The molecule has 176 valence electrons. The second-order valence-electron chi connectivity index (χ2n) is 9.45. The number of amides is 1. The highest BCUT2D eigenvalue weighted by molar-refractivity contribution is 5.83. The van der Waals surface area contributed by atoms with Crippen LogP contribution in [0.2, 0.25) is 0 Å². The molecular weight excluding hydrogens is 428 g/mol. The van der Waals surface area contributed by atoms with Crippen molar-refractivity contribution in [3.63, 3.8) is 0 Å². The number of fused-ring (bicyclic) bond motifs is 1. The van der Waals surface area contributed by atoms with Gasteiger partial charge < -0.3 is 31.1 Å². The fourth-order valence-electron chi connectivity index (χ4n) is 4.61. The zero-order valence-corrected chi connectivity index (χ0v) is 18.3. The first kappa shape index (κ1) is 22.0. The second-order valence-corrected chi connectivity index (χ2v) is 9.45. The van der Waals surface area contributed by atoms with Crippen molar-refractivity contribution in [3.8, 4) is 11.8 Å². The highest BCUT2D eigenvalue weighted by atomic mass is 16.6. The highest BCUT2D eigenvalue weighted by Gasteiger charge is 2.48. The molecule has 2 aromatic rings. The molecular formula is C22H28N6O5. The molecule has 11 nitrogen and oxygen atoms in total. The van der Waals surface area contributed by atoms with E-state index in [0.717, 1.165) is 25.7 Å². The number of rotatable bonds is 3. The average molecular weight is 457 g/mol. The molecule has 3 aliphatic rings. The van der Waals surface area contributed by atoms with E-state index in [1.807, 2.05) is 0 Å². The maximum Gasteiger partial charge on any atom is 0.252 e. The molecule has 0 spiro atoms. The molecule has 3 fully saturated rings. The number of nitrogen functional groups attached to an aromatic ring is 1. The van der Waals surface area contributed by atoms with Crippen molar-refractivity contribution >= 4 is 22.9 Å². The van der Waals surface area contributed by atoms with Crippen LogP contribution in [0.4, 0.5) is 5.82 Å². The molecule has 2 aromatic heterocycles. The number of aliphatic hydroxyl groups excluding tert-OH is 2. The third-order valence-corrected chi connectivity index (χ3v) is 6.52. The number of imidazole rings is 1. The number of nitrogens with two attached hydrogens (primary N) is 1. The lowest BCUT2D eigenvalue weighted by Crippen LogP contribution is -2.43. The van der Waals surface area contributed by atoms with Crippen LogP contribution < -0.4 is 11.1 Å². The molecule has 0 unspecified atom stereocenters. The third kappa shape index (κ3) is 4.27. The maximum absolute atomic E-state index is 12.4. The van der Waals surface area contributed by atoms with Crippen molar-refractivity contribution in [1.29, 1.82) is 0 Å².